The molecule has 0 aromatic heterocycles. The van der Waals surface area contributed by atoms with E-state index in [0.717, 1.165) is 107 Å². The van der Waals surface area contributed by atoms with Gasteiger partial charge in [-0.05, 0) is 152 Å². The van der Waals surface area contributed by atoms with Gasteiger partial charge in [0.05, 0.1) is 12.3 Å². The van der Waals surface area contributed by atoms with Crippen LogP contribution in [-0.4, -0.2) is 77.3 Å². The molecule has 2 aliphatic heterocycles. The van der Waals surface area contributed by atoms with Gasteiger partial charge in [0.25, 0.3) is 5.91 Å². The number of aryl methyl sites for hydroxylation is 1. The number of likely N-dealkylation sites (tertiary alicyclic amines) is 1. The summed E-state index contributed by atoms with van der Waals surface area (Å²) in [4.78, 5) is 30.9. The summed E-state index contributed by atoms with van der Waals surface area (Å²) in [6, 6.07) is 12.1. The lowest BCUT2D eigenvalue weighted by atomic mass is 9.66. The van der Waals surface area contributed by atoms with Crippen LogP contribution < -0.4 is 19.7 Å². The molecule has 1 spiro atoms. The highest BCUT2D eigenvalue weighted by Crippen LogP contribution is 2.47. The standard InChI is InChI=1S/C44H63ClN4O5S/c1-7-8-12-33(25-46-26-36-14-9-10-22-49(36)42(51)54-43(4,5)6)37-18-15-34(37)27-48-28-44(21-11-13-31-23-35(45)17-19-38(31)44)29-53-40-20-16-32(24-39(40)48)41(50)47-55(52)30(2)3/h8,12,16-17,19-20,23-24,30,33-34,36-37,46H,7,9-11,13-15,18,21-22,25-29H2,1-6H3,(H,47,50)/b12-8+/t33?,34?,36?,37?,44-,55?/m0/s1. The number of allylic oxidation sites excluding steroid dienone is 1. The van der Waals surface area contributed by atoms with Crippen molar-refractivity contribution < 1.29 is 23.3 Å². The fourth-order valence-electron chi connectivity index (χ4n) is 9.05. The number of benzene rings is 2. The second-order valence-corrected chi connectivity index (χ2v) is 19.7. The minimum Gasteiger partial charge on any atom is -0.490 e. The molecule has 2 amide bonds. The number of ether oxygens (including phenoxy) is 2. The maximum Gasteiger partial charge on any atom is 0.410 e. The lowest BCUT2D eigenvalue weighted by Crippen LogP contribution is -2.51. The number of carbonyl (C=O) groups is 2. The van der Waals surface area contributed by atoms with E-state index in [1.807, 2.05) is 57.7 Å². The zero-order valence-corrected chi connectivity index (χ0v) is 35.4. The van der Waals surface area contributed by atoms with Gasteiger partial charge in [-0.25, -0.2) is 9.00 Å². The number of halogens is 1. The molecule has 2 fully saturated rings. The summed E-state index contributed by atoms with van der Waals surface area (Å²) in [7, 11) is -1.47. The molecule has 0 bridgehead atoms. The van der Waals surface area contributed by atoms with E-state index < -0.39 is 16.6 Å². The number of nitrogens with zero attached hydrogens (tertiary/aromatic N) is 2. The van der Waals surface area contributed by atoms with Crippen LogP contribution in [0.2, 0.25) is 5.02 Å². The third kappa shape index (κ3) is 10.1. The zero-order chi connectivity index (χ0) is 39.3. The van der Waals surface area contributed by atoms with Crippen LogP contribution in [0, 0.1) is 17.8 Å². The molecule has 6 atom stereocenters. The van der Waals surface area contributed by atoms with Gasteiger partial charge in [0.2, 0.25) is 0 Å². The Labute approximate surface area is 336 Å². The number of fused-ring (bicyclic) bond motifs is 3. The van der Waals surface area contributed by atoms with Crippen LogP contribution in [0.5, 0.6) is 5.75 Å². The molecule has 2 aliphatic carbocycles. The third-order valence-corrected chi connectivity index (χ3v) is 13.5. The molecule has 2 N–H and O–H groups in total. The topological polar surface area (TPSA) is 100 Å². The van der Waals surface area contributed by atoms with E-state index in [-0.39, 0.29) is 28.7 Å². The lowest BCUT2D eigenvalue weighted by Gasteiger charge is -2.46. The van der Waals surface area contributed by atoms with Gasteiger partial charge in [0.15, 0.2) is 0 Å². The summed E-state index contributed by atoms with van der Waals surface area (Å²) in [5, 5.41) is 4.38. The van der Waals surface area contributed by atoms with Crippen molar-refractivity contribution in [2.24, 2.45) is 17.8 Å². The molecule has 5 unspecified atom stereocenters. The maximum absolute atomic E-state index is 13.4. The van der Waals surface area contributed by atoms with Crippen molar-refractivity contribution in [2.75, 3.05) is 44.2 Å². The highest BCUT2D eigenvalue weighted by atomic mass is 35.5. The van der Waals surface area contributed by atoms with Crippen LogP contribution in [0.15, 0.2) is 48.6 Å². The molecule has 11 heteroatoms. The van der Waals surface area contributed by atoms with Crippen LogP contribution >= 0.6 is 11.6 Å². The van der Waals surface area contributed by atoms with Crippen LogP contribution in [0.4, 0.5) is 10.5 Å². The third-order valence-electron chi connectivity index (χ3n) is 12.0. The molecule has 0 radical (unpaired) electrons. The van der Waals surface area contributed by atoms with Gasteiger partial charge in [0, 0.05) is 60.0 Å². The Morgan fingerprint density at radius 3 is 2.65 bits per heavy atom. The monoisotopic (exact) mass is 794 g/mol. The van der Waals surface area contributed by atoms with E-state index in [9.17, 15) is 13.8 Å². The van der Waals surface area contributed by atoms with E-state index in [4.69, 9.17) is 21.1 Å². The number of carbonyl (C=O) groups excluding carboxylic acids is 2. The smallest absolute Gasteiger partial charge is 0.410 e. The van der Waals surface area contributed by atoms with Crippen molar-refractivity contribution in [1.82, 2.24) is 14.9 Å². The van der Waals surface area contributed by atoms with E-state index in [1.54, 1.807) is 6.07 Å². The van der Waals surface area contributed by atoms with E-state index in [1.165, 1.54) is 11.1 Å². The molecule has 6 rings (SSSR count). The van der Waals surface area contributed by atoms with Crippen molar-refractivity contribution in [2.45, 2.75) is 122 Å². The van der Waals surface area contributed by atoms with Gasteiger partial charge in [-0.2, -0.15) is 0 Å². The number of piperidine rings is 1. The highest BCUT2D eigenvalue weighted by Gasteiger charge is 2.44. The van der Waals surface area contributed by atoms with Crippen LogP contribution in [0.25, 0.3) is 0 Å². The second kappa shape index (κ2) is 18.0. The lowest BCUT2D eigenvalue weighted by molar-refractivity contribution is 0.00971. The molecular weight excluding hydrogens is 732 g/mol. The first kappa shape index (κ1) is 41.6. The number of amides is 2. The van der Waals surface area contributed by atoms with Crippen molar-refractivity contribution in [3.63, 3.8) is 0 Å². The number of rotatable bonds is 12. The Hall–Kier alpha value is -3.08. The molecule has 9 nitrogen and oxygen atoms in total. The van der Waals surface area contributed by atoms with Crippen molar-refractivity contribution in [1.29, 1.82) is 0 Å². The second-order valence-electron chi connectivity index (χ2n) is 17.5. The molecule has 1 saturated heterocycles. The first-order valence-electron chi connectivity index (χ1n) is 20.7. The van der Waals surface area contributed by atoms with Crippen molar-refractivity contribution >= 4 is 40.3 Å². The van der Waals surface area contributed by atoms with Gasteiger partial charge < -0.3 is 24.6 Å². The molecule has 55 heavy (non-hydrogen) atoms. The number of hydrogen-bond donors (Lipinski definition) is 2. The van der Waals surface area contributed by atoms with Crippen LogP contribution in [-0.2, 0) is 27.6 Å². The molecule has 302 valence electrons. The van der Waals surface area contributed by atoms with Crippen molar-refractivity contribution in [3.05, 3.63) is 70.3 Å². The van der Waals surface area contributed by atoms with Crippen LogP contribution in [0.1, 0.15) is 114 Å². The normalized spacial score (nSPS) is 25.1. The maximum atomic E-state index is 13.4. The fraction of sp³-hybridized carbons (Fsp3) is 0.636. The molecule has 2 aromatic carbocycles. The summed E-state index contributed by atoms with van der Waals surface area (Å²) in [5.74, 6) is 1.73. The van der Waals surface area contributed by atoms with E-state index in [0.29, 0.717) is 29.9 Å². The number of nitrogens with one attached hydrogen (secondary N) is 2. The molecule has 2 heterocycles. The summed E-state index contributed by atoms with van der Waals surface area (Å²) in [6.45, 7) is 16.2. The Balaban J connectivity index is 1.23. The Bertz CT molecular complexity index is 1730. The average Bonchev–Trinajstić information content (AvgIpc) is 3.28. The Kier molecular flexibility index (Phi) is 13.6. The minimum atomic E-state index is -1.47. The van der Waals surface area contributed by atoms with E-state index >= 15 is 0 Å². The summed E-state index contributed by atoms with van der Waals surface area (Å²) >= 11 is 6.51. The number of hydrogen-bond acceptors (Lipinski definition) is 7. The van der Waals surface area contributed by atoms with Crippen molar-refractivity contribution in [3.8, 4) is 5.75 Å². The minimum absolute atomic E-state index is 0.124. The molecule has 2 aromatic rings. The molecule has 1 saturated carbocycles. The van der Waals surface area contributed by atoms with Gasteiger partial charge in [0.1, 0.15) is 22.3 Å². The largest absolute Gasteiger partial charge is 0.490 e. The first-order valence-corrected chi connectivity index (χ1v) is 22.3. The Morgan fingerprint density at radius 2 is 1.93 bits per heavy atom. The highest BCUT2D eigenvalue weighted by molar-refractivity contribution is 7.84. The molecule has 4 aliphatic rings. The van der Waals surface area contributed by atoms with E-state index in [2.05, 4.69) is 46.1 Å². The SMILES string of the molecule is CC/C=C/C(CNCC1CCCCN1C(=O)OC(C)(C)C)C1CCC1CN1C[C@@]2(CCCc3cc(Cl)ccc32)COc2ccc(C(=O)NS(=O)C(C)C)cc21. The Morgan fingerprint density at radius 1 is 1.11 bits per heavy atom. The predicted octanol–water partition coefficient (Wildman–Crippen LogP) is 8.60. The zero-order valence-electron chi connectivity index (χ0n) is 33.8. The van der Waals surface area contributed by atoms with Gasteiger partial charge in [-0.1, -0.05) is 36.7 Å². The van der Waals surface area contributed by atoms with Gasteiger partial charge in [-0.3, -0.25) is 9.52 Å². The summed E-state index contributed by atoms with van der Waals surface area (Å²) in [6.07, 6.45) is 14.0. The van der Waals surface area contributed by atoms with Crippen LogP contribution in [0.3, 0.4) is 0 Å². The number of anilines is 1. The fourth-order valence-corrected chi connectivity index (χ4v) is 9.79. The summed E-state index contributed by atoms with van der Waals surface area (Å²) in [5.41, 5.74) is 3.27. The summed E-state index contributed by atoms with van der Waals surface area (Å²) < 4.78 is 27.8. The molecular formula is C44H63ClN4O5S. The van der Waals surface area contributed by atoms with Gasteiger partial charge >= 0.3 is 6.09 Å². The average molecular weight is 796 g/mol. The predicted molar refractivity (Wildman–Crippen MR) is 224 cm³/mol. The quantitative estimate of drug-likeness (QED) is 0.208. The van der Waals surface area contributed by atoms with Gasteiger partial charge in [-0.15, -0.1) is 0 Å². The first-order chi connectivity index (χ1) is 26.3.